The van der Waals surface area contributed by atoms with Crippen LogP contribution in [0.1, 0.15) is 37.7 Å². The Kier molecular flexibility index (Phi) is 4.98. The van der Waals surface area contributed by atoms with E-state index in [1.165, 1.54) is 7.11 Å². The lowest BCUT2D eigenvalue weighted by Gasteiger charge is -2.07. The summed E-state index contributed by atoms with van der Waals surface area (Å²) >= 11 is 0. The third-order valence-corrected chi connectivity index (χ3v) is 4.40. The highest BCUT2D eigenvalue weighted by Gasteiger charge is 2.22. The van der Waals surface area contributed by atoms with Crippen LogP contribution in [0.15, 0.2) is 30.5 Å². The molecule has 0 aliphatic carbocycles. The van der Waals surface area contributed by atoms with Crippen molar-refractivity contribution in [2.24, 2.45) is 0 Å². The van der Waals surface area contributed by atoms with Crippen LogP contribution in [0.5, 0.6) is 0 Å². The second kappa shape index (κ2) is 7.36. The molecule has 27 heavy (non-hydrogen) atoms. The molecule has 3 rings (SSSR count). The molecule has 0 fully saturated rings. The van der Waals surface area contributed by atoms with Crippen molar-refractivity contribution in [1.29, 1.82) is 0 Å². The van der Waals surface area contributed by atoms with Gasteiger partial charge in [-0.15, -0.1) is 0 Å². The van der Waals surface area contributed by atoms with Crippen LogP contribution in [0, 0.1) is 13.8 Å². The number of carbonyl (C=O) groups is 3. The number of nitrogens with one attached hydrogen (secondary N) is 4. The Hall–Kier alpha value is -3.55. The van der Waals surface area contributed by atoms with Gasteiger partial charge in [-0.2, -0.15) is 0 Å². The number of hydrogen-bond acceptors (Lipinski definition) is 4. The molecule has 140 valence electrons. The number of aromatic amines is 2. The van der Waals surface area contributed by atoms with Crippen LogP contribution in [0.4, 0.5) is 0 Å². The Morgan fingerprint density at radius 2 is 1.85 bits per heavy atom. The van der Waals surface area contributed by atoms with Gasteiger partial charge in [-0.25, -0.2) is 4.79 Å². The van der Waals surface area contributed by atoms with Gasteiger partial charge in [0.25, 0.3) is 5.91 Å². The number of fused-ring (bicyclic) bond motifs is 1. The van der Waals surface area contributed by atoms with Crippen molar-refractivity contribution in [2.75, 3.05) is 7.11 Å². The lowest BCUT2D eigenvalue weighted by molar-refractivity contribution is -0.121. The van der Waals surface area contributed by atoms with Gasteiger partial charge in [0.05, 0.1) is 19.1 Å². The van der Waals surface area contributed by atoms with Crippen molar-refractivity contribution in [3.63, 3.8) is 0 Å². The maximum absolute atomic E-state index is 12.3. The minimum atomic E-state index is -0.543. The first-order chi connectivity index (χ1) is 12.9. The fraction of sp³-hybridized carbons (Fsp3) is 0.211. The highest BCUT2D eigenvalue weighted by molar-refractivity contribution is 6.01. The number of H-pyrrole nitrogens is 2. The van der Waals surface area contributed by atoms with Crippen molar-refractivity contribution in [3.05, 3.63) is 58.5 Å². The third-order valence-electron chi connectivity index (χ3n) is 4.40. The molecule has 2 amide bonds. The molecule has 0 saturated carbocycles. The van der Waals surface area contributed by atoms with E-state index in [9.17, 15) is 14.4 Å². The summed E-state index contributed by atoms with van der Waals surface area (Å²) in [4.78, 5) is 42.3. The summed E-state index contributed by atoms with van der Waals surface area (Å²) < 4.78 is 4.72. The number of esters is 1. The van der Waals surface area contributed by atoms with E-state index in [2.05, 4.69) is 20.8 Å². The molecule has 0 radical (unpaired) electrons. The van der Waals surface area contributed by atoms with Gasteiger partial charge >= 0.3 is 5.97 Å². The predicted octanol–water partition coefficient (Wildman–Crippen LogP) is 1.90. The highest BCUT2D eigenvalue weighted by atomic mass is 16.5. The van der Waals surface area contributed by atoms with E-state index < -0.39 is 11.9 Å². The smallest absolute Gasteiger partial charge is 0.339 e. The van der Waals surface area contributed by atoms with E-state index in [1.54, 1.807) is 20.0 Å². The van der Waals surface area contributed by atoms with Crippen LogP contribution >= 0.6 is 0 Å². The van der Waals surface area contributed by atoms with E-state index in [-0.39, 0.29) is 18.0 Å². The summed E-state index contributed by atoms with van der Waals surface area (Å²) in [5.41, 5.74) is 8.02. The molecule has 2 aromatic heterocycles. The standard InChI is InChI=1S/C19H20N4O4/c1-10-16(19(26)27-3)11(2)21-17(10)18(25)23-22-15(24)8-12-9-20-14-7-5-4-6-13(12)14/h4-7,9,20-21H,8H2,1-3H3,(H,22,24)(H,23,25). The topological polar surface area (TPSA) is 116 Å². The van der Waals surface area contributed by atoms with Crippen LogP contribution in [0.25, 0.3) is 10.9 Å². The van der Waals surface area contributed by atoms with Crippen LogP contribution in [-0.2, 0) is 16.0 Å². The second-order valence-electron chi connectivity index (χ2n) is 6.16. The summed E-state index contributed by atoms with van der Waals surface area (Å²) in [7, 11) is 1.28. The van der Waals surface area contributed by atoms with Gasteiger partial charge in [0.1, 0.15) is 5.69 Å². The Balaban J connectivity index is 1.65. The minimum absolute atomic E-state index is 0.112. The monoisotopic (exact) mass is 368 g/mol. The van der Waals surface area contributed by atoms with Gasteiger partial charge in [-0.05, 0) is 31.0 Å². The maximum Gasteiger partial charge on any atom is 0.339 e. The first-order valence-corrected chi connectivity index (χ1v) is 8.34. The summed E-state index contributed by atoms with van der Waals surface area (Å²) in [5.74, 6) is -1.43. The number of ether oxygens (including phenoxy) is 1. The number of para-hydroxylation sites is 1. The molecule has 0 aliphatic heterocycles. The lowest BCUT2D eigenvalue weighted by atomic mass is 10.1. The summed E-state index contributed by atoms with van der Waals surface area (Å²) in [6.45, 7) is 3.31. The van der Waals surface area contributed by atoms with Crippen molar-refractivity contribution in [2.45, 2.75) is 20.3 Å². The number of benzene rings is 1. The zero-order valence-corrected chi connectivity index (χ0v) is 15.2. The van der Waals surface area contributed by atoms with Crippen molar-refractivity contribution >= 4 is 28.7 Å². The number of carbonyl (C=O) groups excluding carboxylic acids is 3. The summed E-state index contributed by atoms with van der Waals surface area (Å²) in [6, 6.07) is 7.65. The Morgan fingerprint density at radius 3 is 2.59 bits per heavy atom. The zero-order valence-electron chi connectivity index (χ0n) is 15.2. The van der Waals surface area contributed by atoms with Gasteiger partial charge in [-0.3, -0.25) is 20.4 Å². The third kappa shape index (κ3) is 3.55. The molecule has 3 aromatic rings. The molecular formula is C19H20N4O4. The number of aryl methyl sites for hydroxylation is 1. The molecule has 8 heteroatoms. The largest absolute Gasteiger partial charge is 0.465 e. The SMILES string of the molecule is COC(=O)c1c(C)[nH]c(C(=O)NNC(=O)Cc2c[nH]c3ccccc23)c1C. The molecule has 0 atom stereocenters. The van der Waals surface area contributed by atoms with E-state index in [0.29, 0.717) is 16.8 Å². The molecule has 0 saturated heterocycles. The fourth-order valence-corrected chi connectivity index (χ4v) is 3.07. The molecule has 4 N–H and O–H groups in total. The van der Waals surface area contributed by atoms with Crippen molar-refractivity contribution < 1.29 is 19.1 Å². The number of amides is 2. The second-order valence-corrected chi connectivity index (χ2v) is 6.16. The molecule has 0 bridgehead atoms. The van der Waals surface area contributed by atoms with Crippen molar-refractivity contribution in [1.82, 2.24) is 20.8 Å². The lowest BCUT2D eigenvalue weighted by Crippen LogP contribution is -2.42. The molecule has 0 aliphatic rings. The van der Waals surface area contributed by atoms with Crippen LogP contribution < -0.4 is 10.9 Å². The zero-order chi connectivity index (χ0) is 19.6. The molecule has 1 aromatic carbocycles. The van der Waals surface area contributed by atoms with Gasteiger partial charge in [0.15, 0.2) is 0 Å². The molecule has 0 spiro atoms. The van der Waals surface area contributed by atoms with Crippen LogP contribution in [0.3, 0.4) is 0 Å². The quantitative estimate of drug-likeness (QED) is 0.416. The van der Waals surface area contributed by atoms with Crippen molar-refractivity contribution in [3.8, 4) is 0 Å². The maximum atomic E-state index is 12.3. The minimum Gasteiger partial charge on any atom is -0.465 e. The summed E-state index contributed by atoms with van der Waals surface area (Å²) in [5, 5.41) is 0.956. The van der Waals surface area contributed by atoms with Gasteiger partial charge < -0.3 is 14.7 Å². The number of hydrazine groups is 1. The van der Waals surface area contributed by atoms with Crippen LogP contribution in [-0.4, -0.2) is 34.9 Å². The van der Waals surface area contributed by atoms with Gasteiger partial charge in [0.2, 0.25) is 5.91 Å². The van der Waals surface area contributed by atoms with E-state index in [4.69, 9.17) is 4.74 Å². The number of aromatic nitrogens is 2. The average molecular weight is 368 g/mol. The number of rotatable bonds is 4. The molecule has 0 unspecified atom stereocenters. The molecule has 8 nitrogen and oxygen atoms in total. The van der Waals surface area contributed by atoms with E-state index in [0.717, 1.165) is 16.5 Å². The fourth-order valence-electron chi connectivity index (χ4n) is 3.07. The number of methoxy groups -OCH3 is 1. The van der Waals surface area contributed by atoms with Crippen LogP contribution in [0.2, 0.25) is 0 Å². The van der Waals surface area contributed by atoms with E-state index in [1.807, 2.05) is 24.3 Å². The molecular weight excluding hydrogens is 348 g/mol. The predicted molar refractivity (Wildman–Crippen MR) is 99.2 cm³/mol. The first-order valence-electron chi connectivity index (χ1n) is 8.34. The Morgan fingerprint density at radius 1 is 1.11 bits per heavy atom. The number of hydrogen-bond donors (Lipinski definition) is 4. The Labute approximate surface area is 155 Å². The molecule has 2 heterocycles. The van der Waals surface area contributed by atoms with Gasteiger partial charge in [0, 0.05) is 22.8 Å². The van der Waals surface area contributed by atoms with Gasteiger partial charge in [-0.1, -0.05) is 18.2 Å². The summed E-state index contributed by atoms with van der Waals surface area (Å²) in [6.07, 6.45) is 1.88. The van der Waals surface area contributed by atoms with E-state index >= 15 is 0 Å². The Bertz CT molecular complexity index is 1030. The average Bonchev–Trinajstić information content (AvgIpc) is 3.20. The highest BCUT2D eigenvalue weighted by Crippen LogP contribution is 2.19. The normalized spacial score (nSPS) is 10.6. The first kappa shape index (κ1) is 18.2.